The van der Waals surface area contributed by atoms with Crippen LogP contribution in [0.4, 0.5) is 0 Å². The van der Waals surface area contributed by atoms with E-state index >= 15 is 0 Å². The third kappa shape index (κ3) is 3.33. The average Bonchev–Trinajstić information content (AvgIpc) is 2.42. The summed E-state index contributed by atoms with van der Waals surface area (Å²) in [6, 6.07) is 3.40. The van der Waals surface area contributed by atoms with Gasteiger partial charge in [-0.25, -0.2) is 8.42 Å². The van der Waals surface area contributed by atoms with E-state index in [0.717, 1.165) is 10.0 Å². The van der Waals surface area contributed by atoms with Crippen molar-refractivity contribution in [3.63, 3.8) is 0 Å². The van der Waals surface area contributed by atoms with Gasteiger partial charge in [0.05, 0.1) is 10.6 Å². The van der Waals surface area contributed by atoms with Crippen molar-refractivity contribution < 1.29 is 13.6 Å². The van der Waals surface area contributed by atoms with Gasteiger partial charge in [-0.3, -0.25) is 0 Å². The molecule has 1 N–H and O–H groups in total. The summed E-state index contributed by atoms with van der Waals surface area (Å²) < 4.78 is 28.3. The van der Waals surface area contributed by atoms with Crippen molar-refractivity contribution in [2.75, 3.05) is 13.1 Å². The van der Waals surface area contributed by atoms with Crippen molar-refractivity contribution in [3.8, 4) is 0 Å². The molecule has 1 saturated heterocycles. The van der Waals surface area contributed by atoms with Crippen LogP contribution in [-0.2, 0) is 10.0 Å². The number of hydrogen-bond acceptors (Lipinski definition) is 4. The summed E-state index contributed by atoms with van der Waals surface area (Å²) in [6.07, 6.45) is 0.446. The van der Waals surface area contributed by atoms with E-state index in [1.165, 1.54) is 4.31 Å². The van der Waals surface area contributed by atoms with Crippen LogP contribution in [0, 0.1) is 12.8 Å². The van der Waals surface area contributed by atoms with Gasteiger partial charge in [0.1, 0.15) is 0 Å². The fourth-order valence-corrected chi connectivity index (χ4v) is 5.49. The van der Waals surface area contributed by atoms with Crippen LogP contribution in [0.5, 0.6) is 0 Å². The molecule has 1 heterocycles. The van der Waals surface area contributed by atoms with Crippen molar-refractivity contribution in [1.29, 1.82) is 0 Å². The highest BCUT2D eigenvalue weighted by Gasteiger charge is 2.33. The molecular weight excluding hydrogens is 424 g/mol. The molecule has 1 atom stereocenters. The molecular formula is C13H16Br2N2O3S. The molecule has 1 aliphatic heterocycles. The topological polar surface area (TPSA) is 70.0 Å². The van der Waals surface area contributed by atoms with Gasteiger partial charge in [-0.15, -0.1) is 0 Å². The van der Waals surface area contributed by atoms with Crippen LogP contribution in [0.25, 0.3) is 0 Å². The maximum Gasteiger partial charge on any atom is 0.244 e. The minimum atomic E-state index is -3.58. The molecule has 1 aromatic rings. The average molecular weight is 440 g/mol. The smallest absolute Gasteiger partial charge is 0.244 e. The Labute approximate surface area is 141 Å². The number of aryl methyl sites for hydroxylation is 1. The highest BCUT2D eigenvalue weighted by atomic mass is 79.9. The molecule has 5 nitrogen and oxygen atoms in total. The van der Waals surface area contributed by atoms with Gasteiger partial charge < -0.3 is 5.21 Å². The summed E-state index contributed by atoms with van der Waals surface area (Å²) in [7, 11) is -3.58. The maximum atomic E-state index is 12.8. The summed E-state index contributed by atoms with van der Waals surface area (Å²) in [5, 5.41) is 12.1. The van der Waals surface area contributed by atoms with Crippen molar-refractivity contribution in [2.45, 2.75) is 25.2 Å². The van der Waals surface area contributed by atoms with Gasteiger partial charge in [0.2, 0.25) is 10.0 Å². The summed E-state index contributed by atoms with van der Waals surface area (Å²) in [6.45, 7) is 4.40. The number of rotatable bonds is 2. The monoisotopic (exact) mass is 438 g/mol. The molecule has 21 heavy (non-hydrogen) atoms. The summed E-state index contributed by atoms with van der Waals surface area (Å²) in [4.78, 5) is 0.247. The van der Waals surface area contributed by atoms with E-state index in [-0.39, 0.29) is 10.8 Å². The van der Waals surface area contributed by atoms with Crippen LogP contribution in [0.15, 0.2) is 31.1 Å². The Morgan fingerprint density at radius 1 is 1.33 bits per heavy atom. The molecule has 0 saturated carbocycles. The van der Waals surface area contributed by atoms with Gasteiger partial charge in [-0.05, 0) is 40.5 Å². The number of hydrogen-bond donors (Lipinski definition) is 1. The quantitative estimate of drug-likeness (QED) is 0.567. The number of halogens is 2. The van der Waals surface area contributed by atoms with Crippen molar-refractivity contribution in [3.05, 3.63) is 26.6 Å². The van der Waals surface area contributed by atoms with Crippen LogP contribution >= 0.6 is 31.9 Å². The molecule has 0 spiro atoms. The predicted octanol–water partition coefficient (Wildman–Crippen LogP) is 3.38. The highest BCUT2D eigenvalue weighted by Crippen LogP contribution is 2.32. The third-order valence-corrected chi connectivity index (χ3v) is 7.30. The number of sulfonamides is 1. The Kier molecular flexibility index (Phi) is 5.12. The second-order valence-electron chi connectivity index (χ2n) is 5.14. The first-order valence-corrected chi connectivity index (χ1v) is 9.46. The molecule has 0 aromatic heterocycles. The number of nitrogens with zero attached hydrogens (tertiary/aromatic N) is 2. The number of oxime groups is 1. The molecule has 0 bridgehead atoms. The molecule has 1 aromatic carbocycles. The summed E-state index contributed by atoms with van der Waals surface area (Å²) in [5.41, 5.74) is 1.60. The minimum Gasteiger partial charge on any atom is -0.411 e. The molecule has 1 aliphatic rings. The van der Waals surface area contributed by atoms with E-state index in [2.05, 4.69) is 37.0 Å². The van der Waals surface area contributed by atoms with Gasteiger partial charge in [0.25, 0.3) is 0 Å². The van der Waals surface area contributed by atoms with E-state index in [0.29, 0.717) is 29.7 Å². The minimum absolute atomic E-state index is 0.0915. The van der Waals surface area contributed by atoms with Crippen molar-refractivity contribution in [2.24, 2.45) is 11.1 Å². The van der Waals surface area contributed by atoms with E-state index in [1.807, 2.05) is 13.8 Å². The fraction of sp³-hybridized carbons (Fsp3) is 0.462. The predicted molar refractivity (Wildman–Crippen MR) is 88.3 cm³/mol. The molecule has 1 unspecified atom stereocenters. The Hall–Kier alpha value is -0.440. The Morgan fingerprint density at radius 2 is 2.00 bits per heavy atom. The first kappa shape index (κ1) is 16.9. The van der Waals surface area contributed by atoms with E-state index in [1.54, 1.807) is 12.1 Å². The van der Waals surface area contributed by atoms with Gasteiger partial charge in [-0.1, -0.05) is 28.0 Å². The normalized spacial score (nSPS) is 22.7. The van der Waals surface area contributed by atoms with E-state index in [9.17, 15) is 8.42 Å². The Morgan fingerprint density at radius 3 is 2.57 bits per heavy atom. The van der Waals surface area contributed by atoms with Gasteiger partial charge >= 0.3 is 0 Å². The third-order valence-electron chi connectivity index (χ3n) is 3.62. The van der Waals surface area contributed by atoms with Crippen LogP contribution in [0.2, 0.25) is 0 Å². The fourth-order valence-electron chi connectivity index (χ4n) is 2.32. The zero-order valence-electron chi connectivity index (χ0n) is 11.7. The Balaban J connectivity index is 2.38. The second kappa shape index (κ2) is 6.36. The first-order valence-electron chi connectivity index (χ1n) is 6.44. The Bertz CT molecular complexity index is 689. The highest BCUT2D eigenvalue weighted by molar-refractivity contribution is 9.11. The lowest BCUT2D eigenvalue weighted by molar-refractivity contribution is 0.300. The largest absolute Gasteiger partial charge is 0.411 e. The summed E-state index contributed by atoms with van der Waals surface area (Å²) in [5.74, 6) is -0.0915. The SMILES string of the molecule is Cc1cc(Br)c(S(=O)(=O)N2CC/C(=N\O)C(C)C2)cc1Br. The molecule has 1 fully saturated rings. The lowest BCUT2D eigenvalue weighted by atomic mass is 10.00. The first-order chi connectivity index (χ1) is 9.77. The molecule has 0 radical (unpaired) electrons. The standard InChI is InChI=1S/C13H16Br2N2O3S/c1-8-5-11(15)13(6-10(8)14)21(19,20)17-4-3-12(16-18)9(2)7-17/h5-6,9,18H,3-4,7H2,1-2H3/b16-12+. The molecule has 116 valence electrons. The number of piperidine rings is 1. The zero-order valence-corrected chi connectivity index (χ0v) is 15.7. The van der Waals surface area contributed by atoms with Gasteiger partial charge in [0.15, 0.2) is 0 Å². The molecule has 0 amide bonds. The van der Waals surface area contributed by atoms with Crippen LogP contribution < -0.4 is 0 Å². The zero-order chi connectivity index (χ0) is 15.8. The number of benzene rings is 1. The van der Waals surface area contributed by atoms with Crippen molar-refractivity contribution >= 4 is 47.6 Å². The molecule has 0 aliphatic carbocycles. The maximum absolute atomic E-state index is 12.8. The molecule has 2 rings (SSSR count). The van der Waals surface area contributed by atoms with Gasteiger partial charge in [0, 0.05) is 34.4 Å². The van der Waals surface area contributed by atoms with Gasteiger partial charge in [-0.2, -0.15) is 4.31 Å². The van der Waals surface area contributed by atoms with E-state index in [4.69, 9.17) is 5.21 Å². The lowest BCUT2D eigenvalue weighted by Gasteiger charge is -2.31. The van der Waals surface area contributed by atoms with Crippen LogP contribution in [0.1, 0.15) is 18.9 Å². The van der Waals surface area contributed by atoms with Crippen LogP contribution in [-0.4, -0.2) is 36.7 Å². The lowest BCUT2D eigenvalue weighted by Crippen LogP contribution is -2.43. The van der Waals surface area contributed by atoms with Crippen LogP contribution in [0.3, 0.4) is 0 Å². The molecule has 8 heteroatoms. The van der Waals surface area contributed by atoms with E-state index < -0.39 is 10.0 Å². The summed E-state index contributed by atoms with van der Waals surface area (Å²) >= 11 is 6.71. The van der Waals surface area contributed by atoms with Crippen molar-refractivity contribution in [1.82, 2.24) is 4.31 Å². The second-order valence-corrected chi connectivity index (χ2v) is 8.75.